The number of aromatic nitrogens is 1. The Morgan fingerprint density at radius 1 is 1.53 bits per heavy atom. The summed E-state index contributed by atoms with van der Waals surface area (Å²) in [6, 6.07) is 0. The van der Waals surface area contributed by atoms with Gasteiger partial charge in [-0.1, -0.05) is 13.8 Å². The van der Waals surface area contributed by atoms with E-state index in [2.05, 4.69) is 10.3 Å². The summed E-state index contributed by atoms with van der Waals surface area (Å²) in [6.07, 6.45) is 1.71. The molecule has 0 aliphatic heterocycles. The highest BCUT2D eigenvalue weighted by Crippen LogP contribution is 2.31. The first-order valence-electron chi connectivity index (χ1n) is 6.17. The van der Waals surface area contributed by atoms with Crippen LogP contribution in [0.5, 0.6) is 0 Å². The number of hydrogen-bond donors (Lipinski definition) is 2. The van der Waals surface area contributed by atoms with E-state index in [1.165, 1.54) is 11.3 Å². The van der Waals surface area contributed by atoms with Crippen LogP contribution in [0, 0.1) is 18.3 Å². The van der Waals surface area contributed by atoms with Crippen LogP contribution in [-0.4, -0.2) is 22.0 Å². The van der Waals surface area contributed by atoms with Crippen molar-refractivity contribution in [1.82, 2.24) is 10.3 Å². The predicted molar refractivity (Wildman–Crippen MR) is 73.9 cm³/mol. The number of nitrogens with one attached hydrogen (secondary N) is 1. The third-order valence-electron chi connectivity index (χ3n) is 3.42. The van der Waals surface area contributed by atoms with Crippen molar-refractivity contribution >= 4 is 23.2 Å². The molecule has 2 N–H and O–H groups in total. The fraction of sp³-hybridized carbons (Fsp3) is 0.615. The van der Waals surface area contributed by atoms with Gasteiger partial charge >= 0.3 is 5.97 Å². The molecule has 1 aromatic heterocycles. The van der Waals surface area contributed by atoms with Crippen molar-refractivity contribution in [1.29, 1.82) is 0 Å². The number of nitrogens with zero attached hydrogens (tertiary/aromatic N) is 1. The van der Waals surface area contributed by atoms with E-state index in [4.69, 9.17) is 0 Å². The lowest BCUT2D eigenvalue weighted by atomic mass is 9.76. The highest BCUT2D eigenvalue weighted by molar-refractivity contribution is 7.11. The van der Waals surface area contributed by atoms with Gasteiger partial charge in [0.1, 0.15) is 0 Å². The minimum absolute atomic E-state index is 0.0161. The molecule has 19 heavy (non-hydrogen) atoms. The number of rotatable bonds is 6. The van der Waals surface area contributed by atoms with E-state index < -0.39 is 11.4 Å². The lowest BCUT2D eigenvalue weighted by molar-refractivity contribution is -0.153. The number of carbonyl (C=O) groups excluding carboxylic acids is 1. The summed E-state index contributed by atoms with van der Waals surface area (Å²) in [5.74, 6) is -1.29. The van der Waals surface area contributed by atoms with Crippen LogP contribution in [0.25, 0.3) is 0 Å². The van der Waals surface area contributed by atoms with Crippen molar-refractivity contribution < 1.29 is 14.7 Å². The van der Waals surface area contributed by atoms with Crippen LogP contribution >= 0.6 is 11.3 Å². The number of carboxylic acids is 1. The summed E-state index contributed by atoms with van der Waals surface area (Å²) in [7, 11) is 0. The molecule has 1 heterocycles. The maximum absolute atomic E-state index is 11.9. The monoisotopic (exact) mass is 284 g/mol. The molecule has 0 radical (unpaired) electrons. The largest absolute Gasteiger partial charge is 0.481 e. The Bertz CT molecular complexity index is 470. The van der Waals surface area contributed by atoms with E-state index in [1.54, 1.807) is 13.1 Å². The third kappa shape index (κ3) is 4.02. The molecule has 0 fully saturated rings. The second-order valence-corrected chi connectivity index (χ2v) is 6.50. The fourth-order valence-electron chi connectivity index (χ4n) is 1.60. The van der Waals surface area contributed by atoms with Crippen LogP contribution in [0.1, 0.15) is 37.1 Å². The quantitative estimate of drug-likeness (QED) is 0.839. The maximum Gasteiger partial charge on any atom is 0.310 e. The molecule has 1 atom stereocenters. The fourth-order valence-corrected chi connectivity index (χ4v) is 2.33. The topological polar surface area (TPSA) is 79.3 Å². The van der Waals surface area contributed by atoms with Gasteiger partial charge in [-0.25, -0.2) is 4.98 Å². The van der Waals surface area contributed by atoms with Gasteiger partial charge in [-0.2, -0.15) is 0 Å². The van der Waals surface area contributed by atoms with E-state index in [-0.39, 0.29) is 18.2 Å². The highest BCUT2D eigenvalue weighted by Gasteiger charge is 2.38. The molecular formula is C13H20N2O3S. The van der Waals surface area contributed by atoms with E-state index in [1.807, 2.05) is 20.8 Å². The van der Waals surface area contributed by atoms with Crippen LogP contribution in [0.3, 0.4) is 0 Å². The molecule has 0 aromatic carbocycles. The van der Waals surface area contributed by atoms with Crippen molar-refractivity contribution in [3.63, 3.8) is 0 Å². The molecular weight excluding hydrogens is 264 g/mol. The molecule has 1 aromatic rings. The molecule has 0 spiro atoms. The predicted octanol–water partition coefficient (Wildman–Crippen LogP) is 2.20. The second-order valence-electron chi connectivity index (χ2n) is 5.18. The SMILES string of the molecule is Cc1ncc(CNC(=O)CC(C)(C(=O)O)C(C)C)s1. The number of carbonyl (C=O) groups is 2. The van der Waals surface area contributed by atoms with Crippen LogP contribution in [0.4, 0.5) is 0 Å². The summed E-state index contributed by atoms with van der Waals surface area (Å²) in [5, 5.41) is 12.9. The van der Waals surface area contributed by atoms with E-state index in [0.29, 0.717) is 6.54 Å². The number of hydrogen-bond acceptors (Lipinski definition) is 4. The van der Waals surface area contributed by atoms with Gasteiger partial charge in [0.2, 0.25) is 5.91 Å². The van der Waals surface area contributed by atoms with Crippen LogP contribution < -0.4 is 5.32 Å². The summed E-state index contributed by atoms with van der Waals surface area (Å²) >= 11 is 1.52. The van der Waals surface area contributed by atoms with E-state index >= 15 is 0 Å². The zero-order valence-electron chi connectivity index (χ0n) is 11.7. The first-order chi connectivity index (χ1) is 8.75. The number of aryl methyl sites for hydroxylation is 1. The maximum atomic E-state index is 11.9. The molecule has 1 unspecified atom stereocenters. The smallest absolute Gasteiger partial charge is 0.310 e. The number of aliphatic carboxylic acids is 1. The lowest BCUT2D eigenvalue weighted by Crippen LogP contribution is -2.38. The Kier molecular flexibility index (Phi) is 5.05. The number of thiazole rings is 1. The molecule has 6 heteroatoms. The van der Waals surface area contributed by atoms with Crippen molar-refractivity contribution in [2.24, 2.45) is 11.3 Å². The summed E-state index contributed by atoms with van der Waals surface area (Å²) in [4.78, 5) is 28.2. The van der Waals surface area contributed by atoms with Crippen LogP contribution in [-0.2, 0) is 16.1 Å². The Hall–Kier alpha value is -1.43. The zero-order chi connectivity index (χ0) is 14.6. The van der Waals surface area contributed by atoms with Gasteiger partial charge < -0.3 is 10.4 Å². The first-order valence-corrected chi connectivity index (χ1v) is 6.98. The Balaban J connectivity index is 2.57. The molecule has 5 nitrogen and oxygen atoms in total. The Morgan fingerprint density at radius 2 is 2.16 bits per heavy atom. The van der Waals surface area contributed by atoms with Gasteiger partial charge in [-0.05, 0) is 19.8 Å². The van der Waals surface area contributed by atoms with Crippen molar-refractivity contribution in [2.45, 2.75) is 40.7 Å². The number of carboxylic acid groups (broad SMARTS) is 1. The molecule has 0 aliphatic rings. The van der Waals surface area contributed by atoms with Gasteiger partial charge in [0.25, 0.3) is 0 Å². The van der Waals surface area contributed by atoms with Gasteiger partial charge in [0, 0.05) is 17.5 Å². The molecule has 0 aliphatic carbocycles. The molecule has 0 saturated carbocycles. The zero-order valence-corrected chi connectivity index (χ0v) is 12.5. The molecule has 0 bridgehead atoms. The molecule has 0 saturated heterocycles. The lowest BCUT2D eigenvalue weighted by Gasteiger charge is -2.28. The first kappa shape index (κ1) is 15.6. The van der Waals surface area contributed by atoms with Gasteiger partial charge in [-0.3, -0.25) is 9.59 Å². The highest BCUT2D eigenvalue weighted by atomic mass is 32.1. The minimum Gasteiger partial charge on any atom is -0.481 e. The van der Waals surface area contributed by atoms with Gasteiger partial charge in [0.05, 0.1) is 17.0 Å². The van der Waals surface area contributed by atoms with E-state index in [9.17, 15) is 14.7 Å². The average molecular weight is 284 g/mol. The summed E-state index contributed by atoms with van der Waals surface area (Å²) in [5.41, 5.74) is -1.03. The summed E-state index contributed by atoms with van der Waals surface area (Å²) < 4.78 is 0. The second kappa shape index (κ2) is 6.14. The standard InChI is InChI=1S/C13H20N2O3S/c1-8(2)13(4,12(17)18)5-11(16)15-7-10-6-14-9(3)19-10/h6,8H,5,7H2,1-4H3,(H,15,16)(H,17,18). The molecule has 1 rings (SSSR count). The Morgan fingerprint density at radius 3 is 2.58 bits per heavy atom. The van der Waals surface area contributed by atoms with Crippen LogP contribution in [0.15, 0.2) is 6.20 Å². The van der Waals surface area contributed by atoms with Crippen molar-refractivity contribution in [3.05, 3.63) is 16.1 Å². The van der Waals surface area contributed by atoms with Crippen molar-refractivity contribution in [2.75, 3.05) is 0 Å². The third-order valence-corrected chi connectivity index (χ3v) is 4.33. The molecule has 1 amide bonds. The minimum atomic E-state index is -1.03. The van der Waals surface area contributed by atoms with Crippen molar-refractivity contribution in [3.8, 4) is 0 Å². The van der Waals surface area contributed by atoms with Gasteiger partial charge in [0.15, 0.2) is 0 Å². The van der Waals surface area contributed by atoms with Gasteiger partial charge in [-0.15, -0.1) is 11.3 Å². The Labute approximate surface area is 117 Å². The van der Waals surface area contributed by atoms with Crippen LogP contribution in [0.2, 0.25) is 0 Å². The molecule has 106 valence electrons. The average Bonchev–Trinajstić information content (AvgIpc) is 2.72. The number of amides is 1. The normalized spacial score (nSPS) is 14.2. The summed E-state index contributed by atoms with van der Waals surface area (Å²) in [6.45, 7) is 7.53. The van der Waals surface area contributed by atoms with E-state index in [0.717, 1.165) is 9.88 Å².